The number of hydrogen-bond donors (Lipinski definition) is 0. The van der Waals surface area contributed by atoms with Gasteiger partial charge in [-0.1, -0.05) is 0 Å². The first-order valence-corrected chi connectivity index (χ1v) is 12.9. The Balaban J connectivity index is 1.48. The van der Waals surface area contributed by atoms with Crippen LogP contribution < -0.4 is 0 Å². The van der Waals surface area contributed by atoms with Crippen molar-refractivity contribution in [2.75, 3.05) is 46.4 Å². The number of urea groups is 1. The summed E-state index contributed by atoms with van der Waals surface area (Å²) in [4.78, 5) is 29.6. The minimum absolute atomic E-state index is 0.0808. The number of amides is 2. The van der Waals surface area contributed by atoms with Gasteiger partial charge in [0.25, 0.3) is 0 Å². The fourth-order valence-electron chi connectivity index (χ4n) is 5.25. The van der Waals surface area contributed by atoms with Crippen LogP contribution in [0.3, 0.4) is 0 Å². The zero-order valence-electron chi connectivity index (χ0n) is 21.7. The van der Waals surface area contributed by atoms with Crippen LogP contribution in [0.1, 0.15) is 55.7 Å². The zero-order chi connectivity index (χ0) is 28.1. The van der Waals surface area contributed by atoms with E-state index < -0.39 is 29.5 Å². The molecule has 0 aromatic heterocycles. The van der Waals surface area contributed by atoms with Gasteiger partial charge in [0.2, 0.25) is 0 Å². The molecule has 0 radical (unpaired) electrons. The SMILES string of the molecule is CCOC(=O)CC1CCC(CN2CCN(C(=O)N(C)Cc3cc(C(F)(F)F)cc(C(F)(F)F)c3)CC2)CC1. The number of carbonyl (C=O) groups is 2. The highest BCUT2D eigenvalue weighted by molar-refractivity contribution is 5.74. The number of rotatable bonds is 7. The Morgan fingerprint density at radius 2 is 1.42 bits per heavy atom. The number of carbonyl (C=O) groups excluding carboxylic acids is 2. The molecular formula is C26H35F6N3O3. The second-order valence-electron chi connectivity index (χ2n) is 10.2. The van der Waals surface area contributed by atoms with E-state index in [9.17, 15) is 35.9 Å². The minimum atomic E-state index is -4.94. The highest BCUT2D eigenvalue weighted by atomic mass is 19.4. The van der Waals surface area contributed by atoms with Crippen molar-refractivity contribution >= 4 is 12.0 Å². The van der Waals surface area contributed by atoms with Gasteiger partial charge in [-0.2, -0.15) is 26.3 Å². The summed E-state index contributed by atoms with van der Waals surface area (Å²) in [6, 6.07) is 0.948. The van der Waals surface area contributed by atoms with Gasteiger partial charge in [0.05, 0.1) is 17.7 Å². The maximum absolute atomic E-state index is 13.1. The van der Waals surface area contributed by atoms with Crippen LogP contribution in [0.15, 0.2) is 18.2 Å². The number of ether oxygens (including phenoxy) is 1. The van der Waals surface area contributed by atoms with Crippen LogP contribution in [0.4, 0.5) is 31.1 Å². The topological polar surface area (TPSA) is 53.1 Å². The van der Waals surface area contributed by atoms with Crippen molar-refractivity contribution in [2.45, 2.75) is 57.9 Å². The molecule has 0 atom stereocenters. The maximum Gasteiger partial charge on any atom is 0.416 e. The van der Waals surface area contributed by atoms with E-state index in [2.05, 4.69) is 4.90 Å². The molecule has 0 unspecified atom stereocenters. The summed E-state index contributed by atoms with van der Waals surface area (Å²) in [5.41, 5.74) is -3.03. The summed E-state index contributed by atoms with van der Waals surface area (Å²) >= 11 is 0. The Labute approximate surface area is 218 Å². The van der Waals surface area contributed by atoms with Crippen LogP contribution in [0.2, 0.25) is 0 Å². The summed E-state index contributed by atoms with van der Waals surface area (Å²) in [5, 5.41) is 0. The molecule has 1 aliphatic carbocycles. The van der Waals surface area contributed by atoms with E-state index in [1.54, 1.807) is 11.8 Å². The first-order valence-electron chi connectivity index (χ1n) is 12.9. The third-order valence-electron chi connectivity index (χ3n) is 7.28. The van der Waals surface area contributed by atoms with Crippen molar-refractivity contribution in [1.82, 2.24) is 14.7 Å². The summed E-state index contributed by atoms with van der Waals surface area (Å²) in [6.07, 6.45) is -5.38. The van der Waals surface area contributed by atoms with Gasteiger partial charge in [-0.25, -0.2) is 4.79 Å². The number of alkyl halides is 6. The molecule has 1 saturated carbocycles. The quantitative estimate of drug-likeness (QED) is 0.325. The summed E-state index contributed by atoms with van der Waals surface area (Å²) in [5.74, 6) is 0.733. The van der Waals surface area contributed by atoms with Crippen molar-refractivity contribution in [3.63, 3.8) is 0 Å². The normalized spacial score (nSPS) is 21.3. The van der Waals surface area contributed by atoms with E-state index in [4.69, 9.17) is 4.74 Å². The molecule has 1 aromatic carbocycles. The second-order valence-corrected chi connectivity index (χ2v) is 10.2. The molecule has 0 spiro atoms. The van der Waals surface area contributed by atoms with Crippen molar-refractivity contribution in [3.05, 3.63) is 34.9 Å². The molecule has 3 rings (SSSR count). The average molecular weight is 552 g/mol. The van der Waals surface area contributed by atoms with E-state index >= 15 is 0 Å². The molecule has 1 aromatic rings. The molecule has 2 aliphatic rings. The lowest BCUT2D eigenvalue weighted by Crippen LogP contribution is -2.52. The molecule has 1 aliphatic heterocycles. The van der Waals surface area contributed by atoms with E-state index in [-0.39, 0.29) is 24.1 Å². The molecule has 214 valence electrons. The predicted molar refractivity (Wildman–Crippen MR) is 128 cm³/mol. The lowest BCUT2D eigenvalue weighted by molar-refractivity contribution is -0.145. The summed E-state index contributed by atoms with van der Waals surface area (Å²) in [6.45, 7) is 4.85. The Bertz CT molecular complexity index is 920. The molecule has 12 heteroatoms. The predicted octanol–water partition coefficient (Wildman–Crippen LogP) is 5.65. The number of piperazine rings is 1. The number of hydrogen-bond acceptors (Lipinski definition) is 4. The second kappa shape index (κ2) is 12.6. The summed E-state index contributed by atoms with van der Waals surface area (Å²) in [7, 11) is 1.37. The number of esters is 1. The van der Waals surface area contributed by atoms with E-state index in [0.717, 1.165) is 37.1 Å². The third-order valence-corrected chi connectivity index (χ3v) is 7.28. The third kappa shape index (κ3) is 8.51. The van der Waals surface area contributed by atoms with Crippen LogP contribution >= 0.6 is 0 Å². The maximum atomic E-state index is 13.1. The van der Waals surface area contributed by atoms with Crippen LogP contribution in [-0.2, 0) is 28.4 Å². The van der Waals surface area contributed by atoms with Gasteiger partial charge in [0.15, 0.2) is 0 Å². The van der Waals surface area contributed by atoms with Crippen LogP contribution in [0, 0.1) is 11.8 Å². The standard InChI is InChI=1S/C26H35F6N3O3/c1-3-38-23(36)14-18-4-6-19(7-5-18)17-34-8-10-35(11-9-34)24(37)33(2)16-20-12-21(25(27,28)29)15-22(13-20)26(30,31)32/h12-13,15,18-19H,3-11,14,16-17H2,1-2H3. The lowest BCUT2D eigenvalue weighted by atomic mass is 9.80. The van der Waals surface area contributed by atoms with Crippen molar-refractivity contribution < 1.29 is 40.7 Å². The fraction of sp³-hybridized carbons (Fsp3) is 0.692. The van der Waals surface area contributed by atoms with E-state index in [0.29, 0.717) is 63.2 Å². The zero-order valence-corrected chi connectivity index (χ0v) is 21.7. The Kier molecular flexibility index (Phi) is 9.94. The number of halogens is 6. The van der Waals surface area contributed by atoms with Crippen LogP contribution in [0.5, 0.6) is 0 Å². The largest absolute Gasteiger partial charge is 0.466 e. The Hall–Kier alpha value is -2.50. The van der Waals surface area contributed by atoms with Gasteiger partial charge >= 0.3 is 24.4 Å². The molecular weight excluding hydrogens is 516 g/mol. The molecule has 2 fully saturated rings. The Morgan fingerprint density at radius 1 is 0.895 bits per heavy atom. The highest BCUT2D eigenvalue weighted by Gasteiger charge is 2.37. The first kappa shape index (κ1) is 30.0. The van der Waals surface area contributed by atoms with Crippen molar-refractivity contribution in [1.29, 1.82) is 0 Å². The van der Waals surface area contributed by atoms with Crippen LogP contribution in [-0.4, -0.2) is 73.1 Å². The fourth-order valence-corrected chi connectivity index (χ4v) is 5.25. The van der Waals surface area contributed by atoms with Gasteiger partial charge in [-0.3, -0.25) is 9.69 Å². The van der Waals surface area contributed by atoms with Gasteiger partial charge in [-0.05, 0) is 68.2 Å². The number of nitrogens with zero attached hydrogens (tertiary/aromatic N) is 3. The average Bonchev–Trinajstić information content (AvgIpc) is 2.84. The molecule has 38 heavy (non-hydrogen) atoms. The van der Waals surface area contributed by atoms with E-state index in [1.165, 1.54) is 7.05 Å². The smallest absolute Gasteiger partial charge is 0.416 e. The summed E-state index contributed by atoms with van der Waals surface area (Å²) < 4.78 is 83.9. The monoisotopic (exact) mass is 551 g/mol. The van der Waals surface area contributed by atoms with Crippen molar-refractivity contribution in [2.24, 2.45) is 11.8 Å². The van der Waals surface area contributed by atoms with Gasteiger partial charge in [0.1, 0.15) is 0 Å². The van der Waals surface area contributed by atoms with E-state index in [1.807, 2.05) is 0 Å². The molecule has 0 bridgehead atoms. The molecule has 6 nitrogen and oxygen atoms in total. The molecule has 2 amide bonds. The number of benzene rings is 1. The van der Waals surface area contributed by atoms with Gasteiger partial charge < -0.3 is 14.5 Å². The van der Waals surface area contributed by atoms with Gasteiger partial charge in [-0.15, -0.1) is 0 Å². The van der Waals surface area contributed by atoms with Gasteiger partial charge in [0, 0.05) is 52.7 Å². The van der Waals surface area contributed by atoms with Crippen LogP contribution in [0.25, 0.3) is 0 Å². The highest BCUT2D eigenvalue weighted by Crippen LogP contribution is 2.36. The first-order chi connectivity index (χ1) is 17.8. The molecule has 0 N–H and O–H groups in total. The Morgan fingerprint density at radius 3 is 1.92 bits per heavy atom. The van der Waals surface area contributed by atoms with Crippen molar-refractivity contribution in [3.8, 4) is 0 Å². The molecule has 1 heterocycles. The minimum Gasteiger partial charge on any atom is -0.466 e. The lowest BCUT2D eigenvalue weighted by Gasteiger charge is -2.39. The molecule has 1 saturated heterocycles.